The number of halogens is 2. The molecule has 0 saturated carbocycles. The van der Waals surface area contributed by atoms with Crippen LogP contribution in [0.3, 0.4) is 0 Å². The fourth-order valence-electron chi connectivity index (χ4n) is 5.07. The summed E-state index contributed by atoms with van der Waals surface area (Å²) in [5, 5.41) is 19.9. The smallest absolute Gasteiger partial charge is 0.341 e. The van der Waals surface area contributed by atoms with Crippen molar-refractivity contribution in [2.45, 2.75) is 51.7 Å². The van der Waals surface area contributed by atoms with Gasteiger partial charge in [0.2, 0.25) is 11.3 Å². The molecule has 0 aliphatic carbocycles. The van der Waals surface area contributed by atoms with Crippen LogP contribution < -0.4 is 10.3 Å². The van der Waals surface area contributed by atoms with Gasteiger partial charge in [0.05, 0.1) is 29.3 Å². The maximum Gasteiger partial charge on any atom is 0.341 e. The molecule has 10 heteroatoms. The fourth-order valence-corrected chi connectivity index (χ4v) is 5.30. The van der Waals surface area contributed by atoms with E-state index in [0.717, 1.165) is 5.56 Å². The number of hydrogen-bond donors (Lipinski definition) is 2. The SMILES string of the molecule is CCc1cc2c(cc1Cc1cc(N3CCCC3=O)cc(Cl)c1F)c(=O)c(C(=O)O)cn2[C@H](CO)[C@@H](C)OC. The lowest BCUT2D eigenvalue weighted by Gasteiger charge is -2.26. The number of benzene rings is 2. The van der Waals surface area contributed by atoms with Gasteiger partial charge in [-0.2, -0.15) is 0 Å². The maximum atomic E-state index is 15.2. The van der Waals surface area contributed by atoms with E-state index in [1.807, 2.05) is 6.92 Å². The van der Waals surface area contributed by atoms with Crippen LogP contribution in [0.25, 0.3) is 10.9 Å². The molecular weight excluding hydrogens is 515 g/mol. The number of rotatable bonds is 9. The number of aliphatic hydroxyl groups is 1. The molecule has 0 radical (unpaired) electrons. The molecule has 1 aliphatic rings. The summed E-state index contributed by atoms with van der Waals surface area (Å²) in [4.78, 5) is 39.0. The van der Waals surface area contributed by atoms with Crippen molar-refractivity contribution in [3.8, 4) is 0 Å². The summed E-state index contributed by atoms with van der Waals surface area (Å²) in [6.07, 6.45) is 2.51. The van der Waals surface area contributed by atoms with E-state index in [0.29, 0.717) is 42.6 Å². The molecule has 1 fully saturated rings. The van der Waals surface area contributed by atoms with Gasteiger partial charge in [0.1, 0.15) is 11.4 Å². The van der Waals surface area contributed by atoms with Gasteiger partial charge < -0.3 is 24.4 Å². The summed E-state index contributed by atoms with van der Waals surface area (Å²) in [5.74, 6) is -2.06. The second-order valence-electron chi connectivity index (χ2n) is 9.49. The largest absolute Gasteiger partial charge is 0.477 e. The molecule has 202 valence electrons. The van der Waals surface area contributed by atoms with Crippen LogP contribution in [0.4, 0.5) is 10.1 Å². The molecule has 1 aliphatic heterocycles. The third-order valence-electron chi connectivity index (χ3n) is 7.28. The number of methoxy groups -OCH3 is 1. The fraction of sp³-hybridized carbons (Fsp3) is 0.393. The number of fused-ring (bicyclic) bond motifs is 1. The molecule has 1 saturated heterocycles. The Hall–Kier alpha value is -3.27. The Labute approximate surface area is 224 Å². The van der Waals surface area contributed by atoms with Crippen molar-refractivity contribution in [2.75, 3.05) is 25.2 Å². The van der Waals surface area contributed by atoms with Crippen LogP contribution >= 0.6 is 11.6 Å². The van der Waals surface area contributed by atoms with Crippen LogP contribution in [0.5, 0.6) is 0 Å². The molecule has 8 nitrogen and oxygen atoms in total. The third-order valence-corrected chi connectivity index (χ3v) is 7.55. The second-order valence-corrected chi connectivity index (χ2v) is 9.90. The minimum absolute atomic E-state index is 0.0518. The molecule has 0 unspecified atom stereocenters. The number of aryl methyl sites for hydroxylation is 1. The summed E-state index contributed by atoms with van der Waals surface area (Å²) < 4.78 is 22.1. The van der Waals surface area contributed by atoms with Gasteiger partial charge in [0.15, 0.2) is 0 Å². The second kappa shape index (κ2) is 11.2. The van der Waals surface area contributed by atoms with E-state index in [9.17, 15) is 24.6 Å². The molecule has 2 aromatic carbocycles. The number of hydrogen-bond acceptors (Lipinski definition) is 5. The molecule has 1 aromatic heterocycles. The van der Waals surface area contributed by atoms with Crippen molar-refractivity contribution < 1.29 is 28.9 Å². The first kappa shape index (κ1) is 27.8. The van der Waals surface area contributed by atoms with E-state index in [1.54, 1.807) is 34.6 Å². The van der Waals surface area contributed by atoms with E-state index >= 15 is 4.39 Å². The summed E-state index contributed by atoms with van der Waals surface area (Å²) >= 11 is 6.21. The predicted molar refractivity (Wildman–Crippen MR) is 143 cm³/mol. The number of aliphatic hydroxyl groups excluding tert-OH is 1. The highest BCUT2D eigenvalue weighted by Crippen LogP contribution is 2.32. The number of aromatic carboxylic acids is 1. The first-order valence-electron chi connectivity index (χ1n) is 12.5. The van der Waals surface area contributed by atoms with Gasteiger partial charge in [-0.05, 0) is 60.7 Å². The van der Waals surface area contributed by atoms with Crippen LogP contribution in [0.15, 0.2) is 35.3 Å². The van der Waals surface area contributed by atoms with E-state index < -0.39 is 34.9 Å². The van der Waals surface area contributed by atoms with Gasteiger partial charge in [-0.1, -0.05) is 18.5 Å². The minimum atomic E-state index is -1.39. The van der Waals surface area contributed by atoms with Crippen molar-refractivity contribution in [1.82, 2.24) is 4.57 Å². The molecule has 2 heterocycles. The number of pyridine rings is 1. The molecular formula is C28H30ClFN2O6. The monoisotopic (exact) mass is 544 g/mol. The highest BCUT2D eigenvalue weighted by atomic mass is 35.5. The molecule has 4 rings (SSSR count). The van der Waals surface area contributed by atoms with E-state index in [-0.39, 0.29) is 34.9 Å². The van der Waals surface area contributed by atoms with E-state index in [1.165, 1.54) is 19.4 Å². The third kappa shape index (κ3) is 5.06. The number of carbonyl (C=O) groups excluding carboxylic acids is 1. The molecule has 0 spiro atoms. The zero-order chi connectivity index (χ0) is 27.7. The van der Waals surface area contributed by atoms with Gasteiger partial charge in [-0.25, -0.2) is 9.18 Å². The Morgan fingerprint density at radius 1 is 1.18 bits per heavy atom. The Balaban J connectivity index is 1.91. The number of amides is 1. The number of carboxylic acid groups (broad SMARTS) is 1. The highest BCUT2D eigenvalue weighted by Gasteiger charge is 2.26. The average molecular weight is 545 g/mol. The number of nitrogens with zero attached hydrogens (tertiary/aromatic N) is 2. The summed E-state index contributed by atoms with van der Waals surface area (Å²) in [7, 11) is 1.48. The highest BCUT2D eigenvalue weighted by molar-refractivity contribution is 6.31. The van der Waals surface area contributed by atoms with Crippen molar-refractivity contribution in [3.63, 3.8) is 0 Å². The van der Waals surface area contributed by atoms with Crippen LogP contribution in [-0.4, -0.2) is 53.0 Å². The zero-order valence-electron chi connectivity index (χ0n) is 21.5. The summed E-state index contributed by atoms with van der Waals surface area (Å²) in [6.45, 7) is 3.84. The molecule has 3 aromatic rings. The lowest BCUT2D eigenvalue weighted by atomic mass is 9.94. The first-order chi connectivity index (χ1) is 18.1. The topological polar surface area (TPSA) is 109 Å². The lowest BCUT2D eigenvalue weighted by molar-refractivity contribution is -0.117. The minimum Gasteiger partial charge on any atom is -0.477 e. The molecule has 1 amide bonds. The lowest BCUT2D eigenvalue weighted by Crippen LogP contribution is -2.30. The van der Waals surface area contributed by atoms with Crippen molar-refractivity contribution in [2.24, 2.45) is 0 Å². The Bertz CT molecular complexity index is 1470. The zero-order valence-corrected chi connectivity index (χ0v) is 22.2. The molecule has 2 atom stereocenters. The molecule has 38 heavy (non-hydrogen) atoms. The number of anilines is 1. The van der Waals surface area contributed by atoms with Gasteiger partial charge in [-0.15, -0.1) is 0 Å². The van der Waals surface area contributed by atoms with Gasteiger partial charge in [-0.3, -0.25) is 9.59 Å². The first-order valence-corrected chi connectivity index (χ1v) is 12.8. The number of ether oxygens (including phenoxy) is 1. The average Bonchev–Trinajstić information content (AvgIpc) is 3.33. The van der Waals surface area contributed by atoms with Crippen LogP contribution in [0.2, 0.25) is 5.02 Å². The number of carbonyl (C=O) groups is 2. The Morgan fingerprint density at radius 3 is 2.50 bits per heavy atom. The standard InChI is InChI=1S/C28H30ClFN2O6/c1-4-16-11-23-20(27(35)21(28(36)37)13-32(23)24(14-33)15(2)38-3)10-17(16)8-18-9-19(12-22(29)26(18)30)31-7-5-6-25(31)34/h9-13,15,24,33H,4-8,14H2,1-3H3,(H,36,37)/t15-,24-/m1/s1. The van der Waals surface area contributed by atoms with Crippen LogP contribution in [0.1, 0.15) is 59.8 Å². The van der Waals surface area contributed by atoms with Crippen molar-refractivity contribution in [1.29, 1.82) is 0 Å². The van der Waals surface area contributed by atoms with E-state index in [4.69, 9.17) is 16.3 Å². The quantitative estimate of drug-likeness (QED) is 0.415. The number of aromatic nitrogens is 1. The van der Waals surface area contributed by atoms with Crippen molar-refractivity contribution >= 4 is 40.1 Å². The Morgan fingerprint density at radius 2 is 1.92 bits per heavy atom. The van der Waals surface area contributed by atoms with Gasteiger partial charge >= 0.3 is 5.97 Å². The van der Waals surface area contributed by atoms with Crippen LogP contribution in [-0.2, 0) is 22.4 Å². The maximum absolute atomic E-state index is 15.2. The van der Waals surface area contributed by atoms with Crippen LogP contribution in [0, 0.1) is 5.82 Å². The summed E-state index contributed by atoms with van der Waals surface area (Å²) in [6, 6.07) is 5.75. The van der Waals surface area contributed by atoms with Crippen molar-refractivity contribution in [3.05, 3.63) is 73.8 Å². The summed E-state index contributed by atoms with van der Waals surface area (Å²) in [5.41, 5.74) is 1.54. The van der Waals surface area contributed by atoms with Gasteiger partial charge in [0, 0.05) is 43.8 Å². The van der Waals surface area contributed by atoms with Gasteiger partial charge in [0.25, 0.3) is 0 Å². The Kier molecular flexibility index (Phi) is 8.20. The molecule has 2 N–H and O–H groups in total. The van der Waals surface area contributed by atoms with E-state index in [2.05, 4.69) is 0 Å². The molecule has 0 bridgehead atoms. The normalized spacial score (nSPS) is 15.3. The number of carboxylic acids is 1. The predicted octanol–water partition coefficient (Wildman–Crippen LogP) is 4.34.